The number of fused-ring (bicyclic) bond motifs is 1. The molecule has 0 aliphatic rings. The summed E-state index contributed by atoms with van der Waals surface area (Å²) in [5, 5.41) is 10.2. The lowest BCUT2D eigenvalue weighted by Gasteiger charge is -2.12. The topological polar surface area (TPSA) is 38.0 Å². The maximum Gasteiger partial charge on any atom is 0.131 e. The van der Waals surface area contributed by atoms with Crippen molar-refractivity contribution in [3.63, 3.8) is 0 Å². The molecule has 0 spiro atoms. The van der Waals surface area contributed by atoms with E-state index in [1.165, 1.54) is 6.07 Å². The molecule has 1 atom stereocenters. The fourth-order valence-electron chi connectivity index (χ4n) is 2.48. The molecule has 3 aromatic rings. The predicted octanol–water partition coefficient (Wildman–Crippen LogP) is 3.13. The molecule has 0 fully saturated rings. The van der Waals surface area contributed by atoms with Crippen molar-refractivity contribution < 1.29 is 13.9 Å². The summed E-state index contributed by atoms with van der Waals surface area (Å²) in [7, 11) is 1.81. The second-order valence-electron chi connectivity index (χ2n) is 4.93. The molecule has 108 valence electrons. The van der Waals surface area contributed by atoms with Gasteiger partial charge in [0.2, 0.25) is 0 Å². The summed E-state index contributed by atoms with van der Waals surface area (Å²) in [4.78, 5) is 4.40. The van der Waals surface area contributed by atoms with E-state index in [1.54, 1.807) is 0 Å². The highest BCUT2D eigenvalue weighted by Gasteiger charge is 2.20. The second kappa shape index (κ2) is 5.26. The SMILES string of the molecule is Cn1c(CC(O)c2c(F)cccc2F)nc2ccccc21. The summed E-state index contributed by atoms with van der Waals surface area (Å²) < 4.78 is 29.2. The molecule has 0 radical (unpaired) electrons. The van der Waals surface area contributed by atoms with Crippen LogP contribution in [0, 0.1) is 11.6 Å². The first-order valence-electron chi connectivity index (χ1n) is 6.60. The molecule has 21 heavy (non-hydrogen) atoms. The Morgan fingerprint density at radius 1 is 1.10 bits per heavy atom. The van der Waals surface area contributed by atoms with Crippen LogP contribution in [0.3, 0.4) is 0 Å². The molecule has 3 nitrogen and oxygen atoms in total. The van der Waals surface area contributed by atoms with Gasteiger partial charge in [0.05, 0.1) is 22.7 Å². The molecule has 1 N–H and O–H groups in total. The lowest BCUT2D eigenvalue weighted by Crippen LogP contribution is -2.10. The van der Waals surface area contributed by atoms with Gasteiger partial charge in [0, 0.05) is 13.5 Å². The lowest BCUT2D eigenvalue weighted by molar-refractivity contribution is 0.165. The van der Waals surface area contributed by atoms with Gasteiger partial charge in [-0.25, -0.2) is 13.8 Å². The van der Waals surface area contributed by atoms with E-state index in [1.807, 2.05) is 35.9 Å². The molecule has 0 saturated heterocycles. The van der Waals surface area contributed by atoms with Gasteiger partial charge in [-0.3, -0.25) is 0 Å². The molecule has 2 aromatic carbocycles. The van der Waals surface area contributed by atoms with Crippen LogP contribution >= 0.6 is 0 Å². The minimum atomic E-state index is -1.28. The van der Waals surface area contributed by atoms with Crippen LogP contribution in [0.1, 0.15) is 17.5 Å². The van der Waals surface area contributed by atoms with Gasteiger partial charge in [-0.05, 0) is 24.3 Å². The van der Waals surface area contributed by atoms with Crippen molar-refractivity contribution in [3.05, 3.63) is 65.5 Å². The highest BCUT2D eigenvalue weighted by atomic mass is 19.1. The third-order valence-electron chi connectivity index (χ3n) is 3.59. The van der Waals surface area contributed by atoms with E-state index in [2.05, 4.69) is 4.98 Å². The Labute approximate surface area is 120 Å². The third-order valence-corrected chi connectivity index (χ3v) is 3.59. The molecule has 0 bridgehead atoms. The average molecular weight is 288 g/mol. The van der Waals surface area contributed by atoms with Crippen molar-refractivity contribution in [2.24, 2.45) is 7.05 Å². The Morgan fingerprint density at radius 2 is 1.76 bits per heavy atom. The van der Waals surface area contributed by atoms with E-state index in [0.29, 0.717) is 5.82 Å². The average Bonchev–Trinajstić information content (AvgIpc) is 2.76. The number of aryl methyl sites for hydroxylation is 1. The normalized spacial score (nSPS) is 12.8. The van der Waals surface area contributed by atoms with Gasteiger partial charge >= 0.3 is 0 Å². The summed E-state index contributed by atoms with van der Waals surface area (Å²) >= 11 is 0. The molecule has 1 unspecified atom stereocenters. The molecule has 1 aromatic heterocycles. The number of benzene rings is 2. The zero-order chi connectivity index (χ0) is 15.0. The van der Waals surface area contributed by atoms with Crippen LogP contribution in [0.2, 0.25) is 0 Å². The van der Waals surface area contributed by atoms with Gasteiger partial charge in [-0.15, -0.1) is 0 Å². The van der Waals surface area contributed by atoms with Gasteiger partial charge in [-0.2, -0.15) is 0 Å². The van der Waals surface area contributed by atoms with Crippen molar-refractivity contribution in [3.8, 4) is 0 Å². The smallest absolute Gasteiger partial charge is 0.131 e. The second-order valence-corrected chi connectivity index (χ2v) is 4.93. The van der Waals surface area contributed by atoms with Crippen LogP contribution in [0.15, 0.2) is 42.5 Å². The monoisotopic (exact) mass is 288 g/mol. The van der Waals surface area contributed by atoms with E-state index in [4.69, 9.17) is 0 Å². The lowest BCUT2D eigenvalue weighted by atomic mass is 10.0. The fourth-order valence-corrected chi connectivity index (χ4v) is 2.48. The van der Waals surface area contributed by atoms with Gasteiger partial charge in [0.25, 0.3) is 0 Å². The Kier molecular flexibility index (Phi) is 3.43. The zero-order valence-electron chi connectivity index (χ0n) is 11.4. The molecular formula is C16H14F2N2O. The number of nitrogens with zero attached hydrogens (tertiary/aromatic N) is 2. The number of hydrogen-bond donors (Lipinski definition) is 1. The number of para-hydroxylation sites is 2. The summed E-state index contributed by atoms with van der Waals surface area (Å²) in [6, 6.07) is 11.1. The van der Waals surface area contributed by atoms with Crippen LogP contribution < -0.4 is 0 Å². The number of aliphatic hydroxyl groups excluding tert-OH is 1. The molecule has 0 amide bonds. The van der Waals surface area contributed by atoms with Crippen molar-refractivity contribution in [1.82, 2.24) is 9.55 Å². The molecule has 0 saturated carbocycles. The Bertz CT molecular complexity index is 778. The van der Waals surface area contributed by atoms with E-state index < -0.39 is 17.7 Å². The molecule has 0 aliphatic heterocycles. The number of halogens is 2. The summed E-state index contributed by atoms with van der Waals surface area (Å²) in [5.41, 5.74) is 1.38. The van der Waals surface area contributed by atoms with Crippen LogP contribution in [0.5, 0.6) is 0 Å². The Balaban J connectivity index is 1.97. The molecule has 1 heterocycles. The van der Waals surface area contributed by atoms with Crippen molar-refractivity contribution in [2.75, 3.05) is 0 Å². The summed E-state index contributed by atoms with van der Waals surface area (Å²) in [6.07, 6.45) is -1.23. The highest BCUT2D eigenvalue weighted by molar-refractivity contribution is 5.75. The van der Waals surface area contributed by atoms with Crippen LogP contribution in [-0.4, -0.2) is 14.7 Å². The Hall–Kier alpha value is -2.27. The quantitative estimate of drug-likeness (QED) is 0.804. The van der Waals surface area contributed by atoms with Crippen LogP contribution in [-0.2, 0) is 13.5 Å². The summed E-state index contributed by atoms with van der Waals surface area (Å²) in [5.74, 6) is -0.922. The van der Waals surface area contributed by atoms with E-state index >= 15 is 0 Å². The first-order chi connectivity index (χ1) is 10.1. The van der Waals surface area contributed by atoms with Crippen LogP contribution in [0.4, 0.5) is 8.78 Å². The zero-order valence-corrected chi connectivity index (χ0v) is 11.4. The number of hydrogen-bond acceptors (Lipinski definition) is 2. The minimum absolute atomic E-state index is 0.0447. The minimum Gasteiger partial charge on any atom is -0.388 e. The van der Waals surface area contributed by atoms with Crippen LogP contribution in [0.25, 0.3) is 11.0 Å². The van der Waals surface area contributed by atoms with E-state index in [0.717, 1.165) is 23.2 Å². The number of rotatable bonds is 3. The van der Waals surface area contributed by atoms with E-state index in [-0.39, 0.29) is 12.0 Å². The first kappa shape index (κ1) is 13.7. The van der Waals surface area contributed by atoms with Gasteiger partial charge < -0.3 is 9.67 Å². The van der Waals surface area contributed by atoms with E-state index in [9.17, 15) is 13.9 Å². The maximum atomic E-state index is 13.7. The maximum absolute atomic E-state index is 13.7. The number of aliphatic hydroxyl groups is 1. The predicted molar refractivity (Wildman–Crippen MR) is 75.7 cm³/mol. The highest BCUT2D eigenvalue weighted by Crippen LogP contribution is 2.25. The van der Waals surface area contributed by atoms with Crippen molar-refractivity contribution in [1.29, 1.82) is 0 Å². The first-order valence-corrected chi connectivity index (χ1v) is 6.60. The molecule has 0 aliphatic carbocycles. The van der Waals surface area contributed by atoms with Crippen molar-refractivity contribution in [2.45, 2.75) is 12.5 Å². The standard InChI is InChI=1S/C16H14F2N2O/c1-20-13-8-3-2-7-12(13)19-15(20)9-14(21)16-10(17)5-4-6-11(16)18/h2-8,14,21H,9H2,1H3. The molecule has 5 heteroatoms. The van der Waals surface area contributed by atoms with Gasteiger partial charge in [0.1, 0.15) is 17.5 Å². The molecular weight excluding hydrogens is 274 g/mol. The molecule has 3 rings (SSSR count). The number of imidazole rings is 1. The largest absolute Gasteiger partial charge is 0.388 e. The summed E-state index contributed by atoms with van der Waals surface area (Å²) in [6.45, 7) is 0. The fraction of sp³-hybridized carbons (Fsp3) is 0.188. The van der Waals surface area contributed by atoms with Gasteiger partial charge in [-0.1, -0.05) is 18.2 Å². The third kappa shape index (κ3) is 2.40. The van der Waals surface area contributed by atoms with Crippen molar-refractivity contribution >= 4 is 11.0 Å². The van der Waals surface area contributed by atoms with Gasteiger partial charge in [0.15, 0.2) is 0 Å². The Morgan fingerprint density at radius 3 is 2.43 bits per heavy atom. The number of aromatic nitrogens is 2.